The summed E-state index contributed by atoms with van der Waals surface area (Å²) in [6.07, 6.45) is 3.20. The van der Waals surface area contributed by atoms with Crippen LogP contribution in [0.15, 0.2) is 36.7 Å². The predicted molar refractivity (Wildman–Crippen MR) is 89.1 cm³/mol. The highest BCUT2D eigenvalue weighted by molar-refractivity contribution is 5.99. The summed E-state index contributed by atoms with van der Waals surface area (Å²) in [5.74, 6) is 0.522. The zero-order chi connectivity index (χ0) is 17.4. The van der Waals surface area contributed by atoms with E-state index in [0.717, 1.165) is 0 Å². The molecular formula is C17H16FN5O2. The van der Waals surface area contributed by atoms with E-state index in [-0.39, 0.29) is 24.4 Å². The first-order chi connectivity index (χ1) is 12.1. The molecule has 2 bridgehead atoms. The molecule has 1 amide bonds. The summed E-state index contributed by atoms with van der Waals surface area (Å²) in [4.78, 5) is 16.9. The number of ether oxygens (including phenoxy) is 1. The molecule has 7 nitrogen and oxygen atoms in total. The number of carbonyl (C=O) groups excluding carboxylic acids is 1. The van der Waals surface area contributed by atoms with E-state index in [4.69, 9.17) is 4.74 Å². The molecule has 0 fully saturated rings. The van der Waals surface area contributed by atoms with Gasteiger partial charge in [-0.1, -0.05) is 0 Å². The molecule has 2 aromatic heterocycles. The Labute approximate surface area is 142 Å². The number of hydrogen-bond acceptors (Lipinski definition) is 5. The van der Waals surface area contributed by atoms with Gasteiger partial charge in [0.2, 0.25) is 0 Å². The van der Waals surface area contributed by atoms with Crippen molar-refractivity contribution in [3.8, 4) is 5.75 Å². The van der Waals surface area contributed by atoms with Crippen molar-refractivity contribution in [1.29, 1.82) is 0 Å². The smallest absolute Gasteiger partial charge is 0.257 e. The Bertz CT molecular complexity index is 955. The fourth-order valence-electron chi connectivity index (χ4n) is 2.70. The fourth-order valence-corrected chi connectivity index (χ4v) is 2.70. The summed E-state index contributed by atoms with van der Waals surface area (Å²) < 4.78 is 20.9. The van der Waals surface area contributed by atoms with Gasteiger partial charge in [-0.2, -0.15) is 5.10 Å². The number of anilines is 1. The van der Waals surface area contributed by atoms with Gasteiger partial charge in [0, 0.05) is 18.3 Å². The van der Waals surface area contributed by atoms with Gasteiger partial charge in [0.15, 0.2) is 5.65 Å². The highest BCUT2D eigenvalue weighted by Crippen LogP contribution is 2.22. The highest BCUT2D eigenvalue weighted by Gasteiger charge is 2.18. The average molecular weight is 341 g/mol. The molecule has 3 heterocycles. The Morgan fingerprint density at radius 1 is 1.36 bits per heavy atom. The van der Waals surface area contributed by atoms with Crippen LogP contribution in [0.5, 0.6) is 5.75 Å². The number of aromatic nitrogens is 3. The molecule has 0 saturated heterocycles. The zero-order valence-corrected chi connectivity index (χ0v) is 13.5. The van der Waals surface area contributed by atoms with E-state index in [1.54, 1.807) is 18.3 Å². The summed E-state index contributed by atoms with van der Waals surface area (Å²) in [7, 11) is 0. The van der Waals surface area contributed by atoms with Gasteiger partial charge < -0.3 is 15.4 Å². The minimum absolute atomic E-state index is 0.239. The van der Waals surface area contributed by atoms with Crippen LogP contribution in [-0.4, -0.2) is 33.2 Å². The molecular weight excluding hydrogens is 325 g/mol. The second-order valence-corrected chi connectivity index (χ2v) is 5.93. The molecule has 0 aliphatic carbocycles. The van der Waals surface area contributed by atoms with Crippen molar-refractivity contribution in [2.24, 2.45) is 0 Å². The van der Waals surface area contributed by atoms with Crippen LogP contribution < -0.4 is 15.4 Å². The molecule has 1 aromatic carbocycles. The Morgan fingerprint density at radius 2 is 2.24 bits per heavy atom. The average Bonchev–Trinajstić information content (AvgIpc) is 3.01. The van der Waals surface area contributed by atoms with Gasteiger partial charge in [0.05, 0.1) is 12.2 Å². The van der Waals surface area contributed by atoms with E-state index in [9.17, 15) is 9.18 Å². The van der Waals surface area contributed by atoms with Crippen molar-refractivity contribution in [3.05, 3.63) is 53.6 Å². The first-order valence-electron chi connectivity index (χ1n) is 7.90. The maximum Gasteiger partial charge on any atom is 0.257 e. The fraction of sp³-hybridized carbons (Fsp3) is 0.235. The predicted octanol–water partition coefficient (Wildman–Crippen LogP) is 1.99. The molecule has 4 rings (SSSR count). The minimum Gasteiger partial charge on any atom is -0.491 e. The van der Waals surface area contributed by atoms with Gasteiger partial charge in [-0.3, -0.25) is 4.79 Å². The number of halogens is 1. The van der Waals surface area contributed by atoms with Crippen molar-refractivity contribution in [2.45, 2.75) is 19.5 Å². The van der Waals surface area contributed by atoms with Crippen LogP contribution in [0.3, 0.4) is 0 Å². The Kier molecular flexibility index (Phi) is 3.72. The van der Waals surface area contributed by atoms with E-state index in [1.165, 1.54) is 22.8 Å². The lowest BCUT2D eigenvalue weighted by Crippen LogP contribution is -2.36. The number of amides is 1. The third kappa shape index (κ3) is 2.98. The molecule has 0 spiro atoms. The summed E-state index contributed by atoms with van der Waals surface area (Å²) in [6.45, 7) is 2.44. The molecule has 8 heteroatoms. The van der Waals surface area contributed by atoms with Crippen LogP contribution >= 0.6 is 0 Å². The molecule has 0 radical (unpaired) electrons. The molecule has 1 aliphatic rings. The highest BCUT2D eigenvalue weighted by atomic mass is 19.1. The quantitative estimate of drug-likeness (QED) is 0.654. The Morgan fingerprint density at radius 3 is 3.12 bits per heavy atom. The summed E-state index contributed by atoms with van der Waals surface area (Å²) in [5.41, 5.74) is 1.51. The minimum atomic E-state index is -0.337. The summed E-state index contributed by atoms with van der Waals surface area (Å²) in [6, 6.07) is 5.86. The van der Waals surface area contributed by atoms with Gasteiger partial charge in [0.25, 0.3) is 5.91 Å². The first kappa shape index (κ1) is 15.4. The second-order valence-electron chi connectivity index (χ2n) is 5.93. The van der Waals surface area contributed by atoms with Crippen molar-refractivity contribution >= 4 is 17.4 Å². The molecule has 25 heavy (non-hydrogen) atoms. The number of fused-ring (bicyclic) bond motifs is 2. The lowest BCUT2D eigenvalue weighted by Gasteiger charge is -2.16. The molecule has 2 N–H and O–H groups in total. The van der Waals surface area contributed by atoms with Crippen molar-refractivity contribution in [1.82, 2.24) is 19.9 Å². The third-order valence-electron chi connectivity index (χ3n) is 3.96. The van der Waals surface area contributed by atoms with Crippen molar-refractivity contribution < 1.29 is 13.9 Å². The maximum absolute atomic E-state index is 13.6. The Balaban J connectivity index is 1.77. The van der Waals surface area contributed by atoms with E-state index < -0.39 is 0 Å². The molecule has 3 aromatic rings. The van der Waals surface area contributed by atoms with Crippen LogP contribution in [-0.2, 0) is 6.54 Å². The Hall–Kier alpha value is -3.16. The second kappa shape index (κ2) is 6.04. The normalized spacial score (nSPS) is 17.5. The monoisotopic (exact) mass is 341 g/mol. The summed E-state index contributed by atoms with van der Waals surface area (Å²) >= 11 is 0. The zero-order valence-electron chi connectivity index (χ0n) is 13.5. The van der Waals surface area contributed by atoms with Crippen molar-refractivity contribution in [3.63, 3.8) is 0 Å². The van der Waals surface area contributed by atoms with Gasteiger partial charge in [-0.15, -0.1) is 0 Å². The number of nitrogens with one attached hydrogen (secondary N) is 2. The molecule has 1 unspecified atom stereocenters. The van der Waals surface area contributed by atoms with Gasteiger partial charge in [0.1, 0.15) is 29.6 Å². The number of benzene rings is 1. The van der Waals surface area contributed by atoms with Crippen LogP contribution in [0.4, 0.5) is 10.2 Å². The molecule has 128 valence electrons. The van der Waals surface area contributed by atoms with Gasteiger partial charge >= 0.3 is 0 Å². The number of hydrogen-bond donors (Lipinski definition) is 2. The summed E-state index contributed by atoms with van der Waals surface area (Å²) in [5, 5.41) is 10.1. The van der Waals surface area contributed by atoms with Crippen LogP contribution in [0.25, 0.3) is 5.65 Å². The van der Waals surface area contributed by atoms with Crippen LogP contribution in [0.2, 0.25) is 0 Å². The third-order valence-corrected chi connectivity index (χ3v) is 3.96. The molecule has 1 atom stereocenters. The largest absolute Gasteiger partial charge is 0.491 e. The number of nitrogens with zero attached hydrogens (tertiary/aromatic N) is 3. The van der Waals surface area contributed by atoms with Crippen LogP contribution in [0.1, 0.15) is 22.8 Å². The first-order valence-corrected chi connectivity index (χ1v) is 7.90. The SMILES string of the molecule is CC1COc2ccc(F)cc2CNc2ccn3ncc(c3n2)C(=O)N1. The van der Waals surface area contributed by atoms with Gasteiger partial charge in [-0.25, -0.2) is 13.9 Å². The van der Waals surface area contributed by atoms with Crippen molar-refractivity contribution in [2.75, 3.05) is 11.9 Å². The number of carbonyl (C=O) groups is 1. The lowest BCUT2D eigenvalue weighted by molar-refractivity contribution is 0.0928. The van der Waals surface area contributed by atoms with E-state index in [2.05, 4.69) is 20.7 Å². The van der Waals surface area contributed by atoms with E-state index in [1.807, 2.05) is 6.92 Å². The topological polar surface area (TPSA) is 80.6 Å². The molecule has 0 saturated carbocycles. The van der Waals surface area contributed by atoms with E-state index in [0.29, 0.717) is 34.9 Å². The number of rotatable bonds is 0. The maximum atomic E-state index is 13.6. The molecule has 1 aliphatic heterocycles. The standard InChI is InChI=1S/C17H16FN5O2/c1-10-9-25-14-3-2-12(18)6-11(14)7-19-15-4-5-23-16(22-15)13(8-20-23)17(24)21-10/h2-6,8,10H,7,9H2,1H3,(H,19,22)(H,21,24). The van der Waals surface area contributed by atoms with E-state index >= 15 is 0 Å². The van der Waals surface area contributed by atoms with Crippen LogP contribution in [0, 0.1) is 5.82 Å². The van der Waals surface area contributed by atoms with Gasteiger partial charge in [-0.05, 0) is 31.2 Å². The lowest BCUT2D eigenvalue weighted by atomic mass is 10.2.